The number of carboxylic acid groups (broad SMARTS) is 1. The Bertz CT molecular complexity index is 346. The van der Waals surface area contributed by atoms with E-state index < -0.39 is 18.6 Å². The molecule has 0 aliphatic rings. The van der Waals surface area contributed by atoms with Crippen molar-refractivity contribution < 1.29 is 27.9 Å². The summed E-state index contributed by atoms with van der Waals surface area (Å²) in [7, 11) is 0. The summed E-state index contributed by atoms with van der Waals surface area (Å²) in [6.45, 7) is -3.67. The minimum atomic E-state index is -3.67. The molecule has 0 atom stereocenters. The lowest BCUT2D eigenvalue weighted by Gasteiger charge is -1.99. The first-order valence-corrected chi connectivity index (χ1v) is 3.90. The summed E-state index contributed by atoms with van der Waals surface area (Å²) in [5, 5.41) is 8.61. The van der Waals surface area contributed by atoms with Crippen LogP contribution in [0.1, 0.15) is 20.7 Å². The minimum absolute atomic E-state index is 0.0324. The van der Waals surface area contributed by atoms with Crippen molar-refractivity contribution in [2.24, 2.45) is 5.73 Å². The number of hydrogen-bond donors (Lipinski definition) is 2. The van der Waals surface area contributed by atoms with E-state index in [9.17, 15) is 22.8 Å². The zero-order chi connectivity index (χ0) is 12.7. The molecular formula is C9H8F3NO3. The second-order valence-electron chi connectivity index (χ2n) is 2.46. The largest absolute Gasteiger partial charge is 0.478 e. The molecule has 1 amide bonds. The van der Waals surface area contributed by atoms with Crippen LogP contribution < -0.4 is 5.73 Å². The molecule has 1 aromatic rings. The Balaban J connectivity index is 0.000000487. The van der Waals surface area contributed by atoms with E-state index in [0.29, 0.717) is 0 Å². The summed E-state index contributed by atoms with van der Waals surface area (Å²) < 4.78 is 29.0. The Kier molecular flexibility index (Phi) is 5.61. The van der Waals surface area contributed by atoms with Gasteiger partial charge in [-0.1, -0.05) is 12.1 Å². The van der Waals surface area contributed by atoms with E-state index in [4.69, 9.17) is 10.8 Å². The monoisotopic (exact) mass is 235 g/mol. The molecule has 0 heterocycles. The average Bonchev–Trinajstić information content (AvgIpc) is 2.16. The van der Waals surface area contributed by atoms with E-state index in [1.54, 1.807) is 6.07 Å². The number of primary amides is 1. The van der Waals surface area contributed by atoms with E-state index in [-0.39, 0.29) is 11.1 Å². The summed E-state index contributed by atoms with van der Waals surface area (Å²) in [4.78, 5) is 21.2. The molecule has 88 valence electrons. The van der Waals surface area contributed by atoms with Gasteiger partial charge >= 0.3 is 12.6 Å². The molecule has 0 fully saturated rings. The van der Waals surface area contributed by atoms with Crippen LogP contribution in [0.3, 0.4) is 0 Å². The summed E-state index contributed by atoms with van der Waals surface area (Å²) in [5.41, 5.74) is 4.92. The van der Waals surface area contributed by atoms with Gasteiger partial charge in [-0.2, -0.15) is 13.2 Å². The zero-order valence-corrected chi connectivity index (χ0v) is 7.86. The fraction of sp³-hybridized carbons (Fsp3) is 0.111. The molecule has 0 spiro atoms. The van der Waals surface area contributed by atoms with Gasteiger partial charge in [-0.25, -0.2) is 4.79 Å². The van der Waals surface area contributed by atoms with Gasteiger partial charge in [0.25, 0.3) is 0 Å². The number of carbonyl (C=O) groups excluding carboxylic acids is 1. The smallest absolute Gasteiger partial charge is 0.379 e. The van der Waals surface area contributed by atoms with Crippen LogP contribution >= 0.6 is 0 Å². The van der Waals surface area contributed by atoms with E-state index >= 15 is 0 Å². The second-order valence-corrected chi connectivity index (χ2v) is 2.46. The number of rotatable bonds is 2. The number of aromatic carboxylic acids is 1. The van der Waals surface area contributed by atoms with E-state index in [0.717, 1.165) is 0 Å². The molecule has 0 bridgehead atoms. The first-order chi connectivity index (χ1) is 7.36. The number of nitrogens with two attached hydrogens (primary N) is 1. The van der Waals surface area contributed by atoms with Gasteiger partial charge in [0.1, 0.15) is 0 Å². The van der Waals surface area contributed by atoms with Gasteiger partial charge in [-0.05, 0) is 12.1 Å². The standard InChI is InChI=1S/C8H7NO3.CHF3/c9-7(10)5-3-1-2-4-6(5)8(11)12;2-1(3)4/h1-4H,(H2,9,10)(H,11,12);1H. The third kappa shape index (κ3) is 4.99. The van der Waals surface area contributed by atoms with Gasteiger partial charge in [0.2, 0.25) is 5.91 Å². The quantitative estimate of drug-likeness (QED) is 0.817. The SMILES string of the molecule is FC(F)F.NC(=O)c1ccccc1C(=O)O. The molecule has 0 aliphatic carbocycles. The fourth-order valence-corrected chi connectivity index (χ4v) is 0.884. The number of amides is 1. The number of carbonyl (C=O) groups is 2. The average molecular weight is 235 g/mol. The van der Waals surface area contributed by atoms with Crippen molar-refractivity contribution in [1.29, 1.82) is 0 Å². The Morgan fingerprint density at radius 2 is 1.50 bits per heavy atom. The molecule has 0 aliphatic heterocycles. The maximum Gasteiger partial charge on any atom is 0.379 e. The molecule has 3 N–H and O–H groups in total. The molecule has 0 saturated carbocycles. The van der Waals surface area contributed by atoms with Gasteiger partial charge in [0.05, 0.1) is 11.1 Å². The minimum Gasteiger partial charge on any atom is -0.478 e. The third-order valence-electron chi connectivity index (χ3n) is 1.42. The predicted octanol–water partition coefficient (Wildman–Crippen LogP) is 1.66. The maximum absolute atomic E-state index is 10.7. The Hall–Kier alpha value is -2.05. The Morgan fingerprint density at radius 3 is 1.75 bits per heavy atom. The molecule has 0 saturated heterocycles. The third-order valence-corrected chi connectivity index (χ3v) is 1.42. The van der Waals surface area contributed by atoms with Gasteiger partial charge in [-0.15, -0.1) is 0 Å². The lowest BCUT2D eigenvalue weighted by atomic mass is 10.1. The van der Waals surface area contributed by atoms with Crippen LogP contribution in [-0.4, -0.2) is 23.7 Å². The molecule has 16 heavy (non-hydrogen) atoms. The molecule has 1 rings (SSSR count). The van der Waals surface area contributed by atoms with Crippen LogP contribution in [-0.2, 0) is 0 Å². The molecular weight excluding hydrogens is 227 g/mol. The number of benzene rings is 1. The van der Waals surface area contributed by atoms with Gasteiger partial charge in [-0.3, -0.25) is 4.79 Å². The van der Waals surface area contributed by atoms with Crippen LogP contribution in [0.15, 0.2) is 24.3 Å². The maximum atomic E-state index is 10.7. The summed E-state index contributed by atoms with van der Waals surface area (Å²) in [6.07, 6.45) is 0. The molecule has 0 radical (unpaired) electrons. The highest BCUT2D eigenvalue weighted by atomic mass is 19.4. The van der Waals surface area contributed by atoms with Gasteiger partial charge < -0.3 is 10.8 Å². The van der Waals surface area contributed by atoms with Crippen LogP contribution in [0.25, 0.3) is 0 Å². The van der Waals surface area contributed by atoms with Crippen molar-refractivity contribution in [2.75, 3.05) is 0 Å². The number of hydrogen-bond acceptors (Lipinski definition) is 2. The number of alkyl halides is 3. The van der Waals surface area contributed by atoms with Crippen LogP contribution in [0, 0.1) is 0 Å². The Labute approximate surface area is 88.5 Å². The molecule has 1 aromatic carbocycles. The zero-order valence-electron chi connectivity index (χ0n) is 7.86. The number of halogens is 3. The van der Waals surface area contributed by atoms with Crippen molar-refractivity contribution in [1.82, 2.24) is 0 Å². The fourth-order valence-electron chi connectivity index (χ4n) is 0.884. The van der Waals surface area contributed by atoms with Gasteiger partial charge in [0.15, 0.2) is 0 Å². The highest BCUT2D eigenvalue weighted by Crippen LogP contribution is 2.06. The summed E-state index contributed by atoms with van der Waals surface area (Å²) in [5.74, 6) is -1.88. The second kappa shape index (κ2) is 6.44. The molecule has 7 heteroatoms. The van der Waals surface area contributed by atoms with Crippen LogP contribution in [0.2, 0.25) is 0 Å². The predicted molar refractivity (Wildman–Crippen MR) is 49.0 cm³/mol. The molecule has 0 unspecified atom stereocenters. The van der Waals surface area contributed by atoms with Crippen molar-refractivity contribution >= 4 is 11.9 Å². The lowest BCUT2D eigenvalue weighted by Crippen LogP contribution is -2.15. The van der Waals surface area contributed by atoms with Crippen molar-refractivity contribution in [2.45, 2.75) is 6.68 Å². The highest BCUT2D eigenvalue weighted by molar-refractivity contribution is 6.03. The van der Waals surface area contributed by atoms with Gasteiger partial charge in [0, 0.05) is 0 Å². The summed E-state index contributed by atoms with van der Waals surface area (Å²) >= 11 is 0. The van der Waals surface area contributed by atoms with E-state index in [2.05, 4.69) is 0 Å². The van der Waals surface area contributed by atoms with Crippen molar-refractivity contribution in [3.05, 3.63) is 35.4 Å². The van der Waals surface area contributed by atoms with E-state index in [1.807, 2.05) is 0 Å². The van der Waals surface area contributed by atoms with Crippen LogP contribution in [0.5, 0.6) is 0 Å². The van der Waals surface area contributed by atoms with Crippen molar-refractivity contribution in [3.8, 4) is 0 Å². The topological polar surface area (TPSA) is 80.4 Å². The van der Waals surface area contributed by atoms with E-state index in [1.165, 1.54) is 18.2 Å². The molecule has 0 aromatic heterocycles. The normalized spacial score (nSPS) is 9.25. The number of carboxylic acids is 1. The highest BCUT2D eigenvalue weighted by Gasteiger charge is 2.11. The Morgan fingerprint density at radius 1 is 1.12 bits per heavy atom. The van der Waals surface area contributed by atoms with Crippen LogP contribution in [0.4, 0.5) is 13.2 Å². The first kappa shape index (κ1) is 14.0. The molecule has 4 nitrogen and oxygen atoms in total. The lowest BCUT2D eigenvalue weighted by molar-refractivity contribution is 0.00817. The summed E-state index contributed by atoms with van der Waals surface area (Å²) in [6, 6.07) is 5.82. The first-order valence-electron chi connectivity index (χ1n) is 3.90. The van der Waals surface area contributed by atoms with Crippen molar-refractivity contribution in [3.63, 3.8) is 0 Å².